The summed E-state index contributed by atoms with van der Waals surface area (Å²) in [4.78, 5) is 4.96. The number of pyridine rings is 1. The molecule has 1 aliphatic rings. The zero-order valence-electron chi connectivity index (χ0n) is 14.3. The number of hydrogen-bond donors (Lipinski definition) is 1. The number of ether oxygens (including phenoxy) is 2. The molecule has 5 nitrogen and oxygen atoms in total. The lowest BCUT2D eigenvalue weighted by Gasteiger charge is -2.37. The molecule has 1 fully saturated rings. The maximum absolute atomic E-state index is 12.8. The fourth-order valence-corrected chi connectivity index (χ4v) is 2.73. The highest BCUT2D eigenvalue weighted by Crippen LogP contribution is 2.32. The van der Waals surface area contributed by atoms with Gasteiger partial charge in [0, 0.05) is 25.2 Å². The van der Waals surface area contributed by atoms with Crippen LogP contribution in [0.15, 0.2) is 12.1 Å². The number of piperidine rings is 1. The molecule has 2 atom stereocenters. The number of aliphatic hydroxyl groups excluding tert-OH is 1. The number of likely N-dealkylation sites (tertiary alicyclic amines) is 1. The quantitative estimate of drug-likeness (QED) is 0.636. The molecule has 1 aliphatic heterocycles. The van der Waals surface area contributed by atoms with E-state index < -0.39 is 23.9 Å². The van der Waals surface area contributed by atoms with Crippen LogP contribution in [0.1, 0.15) is 39.3 Å². The van der Waals surface area contributed by atoms with Crippen molar-refractivity contribution in [2.75, 3.05) is 13.1 Å². The number of hydrogen-bond acceptors (Lipinski definition) is 5. The summed E-state index contributed by atoms with van der Waals surface area (Å²) in [6, 6.07) is 2.07. The van der Waals surface area contributed by atoms with Crippen LogP contribution >= 0.6 is 11.6 Å². The third-order valence-electron chi connectivity index (χ3n) is 3.54. The van der Waals surface area contributed by atoms with E-state index in [9.17, 15) is 18.3 Å². The van der Waals surface area contributed by atoms with Gasteiger partial charge in [-0.2, -0.15) is 13.2 Å². The molecule has 25 heavy (non-hydrogen) atoms. The lowest BCUT2D eigenvalue weighted by atomic mass is 10.1. The van der Waals surface area contributed by atoms with Gasteiger partial charge in [0.25, 0.3) is 0 Å². The fraction of sp³-hybridized carbons (Fsp3) is 0.688. The molecule has 0 amide bonds. The number of alkyl halides is 3. The second-order valence-corrected chi connectivity index (χ2v) is 7.33. The van der Waals surface area contributed by atoms with Gasteiger partial charge in [-0.3, -0.25) is 4.90 Å². The van der Waals surface area contributed by atoms with Crippen LogP contribution in [0.2, 0.25) is 5.15 Å². The molecule has 2 unspecified atom stereocenters. The lowest BCUT2D eigenvalue weighted by Crippen LogP contribution is -2.49. The van der Waals surface area contributed by atoms with E-state index in [-0.39, 0.29) is 17.0 Å². The van der Waals surface area contributed by atoms with E-state index in [0.29, 0.717) is 19.5 Å². The number of halogens is 4. The summed E-state index contributed by atoms with van der Waals surface area (Å²) in [5.41, 5.74) is -1.62. The minimum atomic E-state index is -4.60. The zero-order chi connectivity index (χ0) is 18.8. The largest absolute Gasteiger partial charge is 0.489 e. The highest BCUT2D eigenvalue weighted by atomic mass is 35.5. The summed E-state index contributed by atoms with van der Waals surface area (Å²) >= 11 is 5.66. The van der Waals surface area contributed by atoms with E-state index in [1.807, 2.05) is 20.8 Å². The van der Waals surface area contributed by atoms with Crippen LogP contribution in [-0.4, -0.2) is 46.2 Å². The summed E-state index contributed by atoms with van der Waals surface area (Å²) in [5.74, 6) is 0.00500. The standard InChI is InChI=1S/C16H22ClF3N2O3/c1-15(2,3)25-14(23)22-6-4-5-10(9-22)24-11-7-12(16(18,19)20)21-13(17)8-11/h7-8,10,14,23H,4-6,9H2,1-3H3. The number of aliphatic hydroxyl groups is 1. The summed E-state index contributed by atoms with van der Waals surface area (Å²) in [7, 11) is 0. The van der Waals surface area contributed by atoms with E-state index in [0.717, 1.165) is 12.5 Å². The van der Waals surface area contributed by atoms with Crippen molar-refractivity contribution in [2.24, 2.45) is 0 Å². The van der Waals surface area contributed by atoms with E-state index in [1.165, 1.54) is 6.07 Å². The van der Waals surface area contributed by atoms with Crippen LogP contribution in [0.3, 0.4) is 0 Å². The first-order valence-corrected chi connectivity index (χ1v) is 8.33. The van der Waals surface area contributed by atoms with Gasteiger partial charge in [-0.25, -0.2) is 4.98 Å². The van der Waals surface area contributed by atoms with E-state index in [4.69, 9.17) is 21.1 Å². The predicted octanol–water partition coefficient (Wildman–Crippen LogP) is 3.69. The van der Waals surface area contributed by atoms with Gasteiger partial charge in [-0.15, -0.1) is 0 Å². The van der Waals surface area contributed by atoms with Crippen LogP contribution in [0.5, 0.6) is 5.75 Å². The normalized spacial score (nSPS) is 21.2. The first-order valence-electron chi connectivity index (χ1n) is 7.95. The molecule has 9 heteroatoms. The van der Waals surface area contributed by atoms with Crippen molar-refractivity contribution < 1.29 is 27.8 Å². The van der Waals surface area contributed by atoms with Crippen molar-refractivity contribution >= 4 is 11.6 Å². The molecule has 0 radical (unpaired) electrons. The summed E-state index contributed by atoms with van der Waals surface area (Å²) in [5, 5.41) is 9.87. The SMILES string of the molecule is CC(C)(C)OC(O)N1CCCC(Oc2cc(Cl)nc(C(F)(F)F)c2)C1. The molecule has 0 bridgehead atoms. The molecule has 0 aromatic carbocycles. The fourth-order valence-electron chi connectivity index (χ4n) is 2.53. The molecular weight excluding hydrogens is 361 g/mol. The number of rotatable bonds is 4. The van der Waals surface area contributed by atoms with Crippen LogP contribution in [0.25, 0.3) is 0 Å². The Labute approximate surface area is 149 Å². The highest BCUT2D eigenvalue weighted by molar-refractivity contribution is 6.29. The molecule has 1 aromatic heterocycles. The lowest BCUT2D eigenvalue weighted by molar-refractivity contribution is -0.246. The first-order chi connectivity index (χ1) is 11.4. The Morgan fingerprint density at radius 2 is 2.00 bits per heavy atom. The minimum absolute atomic E-state index is 0.00500. The molecule has 1 saturated heterocycles. The monoisotopic (exact) mass is 382 g/mol. The molecule has 142 valence electrons. The topological polar surface area (TPSA) is 54.8 Å². The van der Waals surface area contributed by atoms with Crippen molar-refractivity contribution in [2.45, 2.75) is 57.9 Å². The molecule has 0 saturated carbocycles. The Morgan fingerprint density at radius 1 is 1.32 bits per heavy atom. The second kappa shape index (κ2) is 7.65. The van der Waals surface area contributed by atoms with Gasteiger partial charge in [-0.1, -0.05) is 11.6 Å². The van der Waals surface area contributed by atoms with Gasteiger partial charge in [-0.05, 0) is 33.6 Å². The number of nitrogens with zero attached hydrogens (tertiary/aromatic N) is 2. The summed E-state index contributed by atoms with van der Waals surface area (Å²) < 4.78 is 49.6. The molecule has 2 rings (SSSR count). The van der Waals surface area contributed by atoms with E-state index in [1.54, 1.807) is 4.90 Å². The van der Waals surface area contributed by atoms with Crippen molar-refractivity contribution in [1.29, 1.82) is 0 Å². The van der Waals surface area contributed by atoms with Crippen molar-refractivity contribution in [1.82, 2.24) is 9.88 Å². The smallest absolute Gasteiger partial charge is 0.433 e. The molecule has 0 spiro atoms. The van der Waals surface area contributed by atoms with Gasteiger partial charge < -0.3 is 14.6 Å². The third-order valence-corrected chi connectivity index (χ3v) is 3.74. The average molecular weight is 383 g/mol. The van der Waals surface area contributed by atoms with Crippen LogP contribution < -0.4 is 4.74 Å². The van der Waals surface area contributed by atoms with Crippen LogP contribution in [0, 0.1) is 0 Å². The Morgan fingerprint density at radius 3 is 2.60 bits per heavy atom. The average Bonchev–Trinajstić information content (AvgIpc) is 2.44. The van der Waals surface area contributed by atoms with E-state index in [2.05, 4.69) is 4.98 Å². The van der Waals surface area contributed by atoms with Gasteiger partial charge in [0.05, 0.1) is 5.60 Å². The Bertz CT molecular complexity index is 593. The molecule has 2 heterocycles. The Kier molecular flexibility index (Phi) is 6.19. The maximum atomic E-state index is 12.8. The van der Waals surface area contributed by atoms with Crippen molar-refractivity contribution in [3.05, 3.63) is 23.0 Å². The van der Waals surface area contributed by atoms with E-state index >= 15 is 0 Å². The highest BCUT2D eigenvalue weighted by Gasteiger charge is 2.34. The Hall–Kier alpha value is -1.09. The minimum Gasteiger partial charge on any atom is -0.489 e. The maximum Gasteiger partial charge on any atom is 0.433 e. The van der Waals surface area contributed by atoms with Crippen molar-refractivity contribution in [3.8, 4) is 5.75 Å². The van der Waals surface area contributed by atoms with Crippen molar-refractivity contribution in [3.63, 3.8) is 0 Å². The molecular formula is C16H22ClF3N2O3. The Balaban J connectivity index is 2.04. The zero-order valence-corrected chi connectivity index (χ0v) is 15.1. The number of aromatic nitrogens is 1. The predicted molar refractivity (Wildman–Crippen MR) is 86.3 cm³/mol. The molecule has 1 aromatic rings. The summed E-state index contributed by atoms with van der Waals surface area (Å²) in [6.07, 6.45) is -4.71. The van der Waals surface area contributed by atoms with Gasteiger partial charge >= 0.3 is 6.18 Å². The summed E-state index contributed by atoms with van der Waals surface area (Å²) in [6.45, 7) is 6.42. The van der Waals surface area contributed by atoms with Crippen LogP contribution in [-0.2, 0) is 10.9 Å². The van der Waals surface area contributed by atoms with Gasteiger partial charge in [0.1, 0.15) is 22.7 Å². The second-order valence-electron chi connectivity index (χ2n) is 6.94. The third kappa shape index (κ3) is 6.29. The van der Waals surface area contributed by atoms with Gasteiger partial charge in [0.15, 0.2) is 0 Å². The van der Waals surface area contributed by atoms with Crippen LogP contribution in [0.4, 0.5) is 13.2 Å². The molecule has 0 aliphatic carbocycles. The molecule has 1 N–H and O–H groups in total. The first kappa shape index (κ1) is 20.2. The van der Waals surface area contributed by atoms with Gasteiger partial charge in [0.2, 0.25) is 6.41 Å².